The largest absolute Gasteiger partial charge is 0.479 e. The standard InChI is InChI=1S/C11H14BrNO3/c1-11(2,9(16-3)10(14)15)7-4-5-13-6-8(7)12/h4-6,9H,1-3H3,(H,14,15). The molecular weight excluding hydrogens is 274 g/mol. The van der Waals surface area contributed by atoms with Crippen molar-refractivity contribution in [2.75, 3.05) is 7.11 Å². The van der Waals surface area contributed by atoms with Crippen molar-refractivity contribution in [3.63, 3.8) is 0 Å². The predicted molar refractivity (Wildman–Crippen MR) is 63.4 cm³/mol. The van der Waals surface area contributed by atoms with Crippen LogP contribution in [0.15, 0.2) is 22.9 Å². The van der Waals surface area contributed by atoms with Crippen molar-refractivity contribution in [1.29, 1.82) is 0 Å². The maximum absolute atomic E-state index is 11.1. The van der Waals surface area contributed by atoms with Crippen LogP contribution >= 0.6 is 15.9 Å². The molecule has 0 aliphatic heterocycles. The Balaban J connectivity index is 3.19. The number of aliphatic carboxylic acids is 1. The van der Waals surface area contributed by atoms with Gasteiger partial charge in [0.25, 0.3) is 0 Å². The van der Waals surface area contributed by atoms with E-state index in [9.17, 15) is 4.79 Å². The number of nitrogens with zero attached hydrogens (tertiary/aromatic N) is 1. The Kier molecular flexibility index (Phi) is 4.04. The van der Waals surface area contributed by atoms with Gasteiger partial charge in [0.2, 0.25) is 0 Å². The monoisotopic (exact) mass is 287 g/mol. The number of hydrogen-bond acceptors (Lipinski definition) is 3. The van der Waals surface area contributed by atoms with Gasteiger partial charge in [-0.1, -0.05) is 13.8 Å². The van der Waals surface area contributed by atoms with E-state index in [0.29, 0.717) is 0 Å². The summed E-state index contributed by atoms with van der Waals surface area (Å²) in [5.74, 6) is -0.976. The Morgan fingerprint density at radius 2 is 2.25 bits per heavy atom. The molecule has 1 unspecified atom stereocenters. The van der Waals surface area contributed by atoms with Crippen LogP contribution in [0.1, 0.15) is 19.4 Å². The van der Waals surface area contributed by atoms with Crippen LogP contribution < -0.4 is 0 Å². The predicted octanol–water partition coefficient (Wildman–Crippen LogP) is 2.22. The molecule has 1 aromatic rings. The van der Waals surface area contributed by atoms with Crippen molar-refractivity contribution in [2.24, 2.45) is 0 Å². The highest BCUT2D eigenvalue weighted by atomic mass is 79.9. The van der Waals surface area contributed by atoms with Gasteiger partial charge in [-0.25, -0.2) is 4.79 Å². The van der Waals surface area contributed by atoms with Crippen LogP contribution in [0.2, 0.25) is 0 Å². The lowest BCUT2D eigenvalue weighted by Gasteiger charge is -2.31. The molecule has 0 saturated heterocycles. The number of pyridine rings is 1. The summed E-state index contributed by atoms with van der Waals surface area (Å²) < 4.78 is 5.83. The van der Waals surface area contributed by atoms with Gasteiger partial charge in [-0.3, -0.25) is 4.98 Å². The molecule has 88 valence electrons. The minimum atomic E-state index is -0.976. The topological polar surface area (TPSA) is 59.4 Å². The molecule has 0 spiro atoms. The first-order chi connectivity index (χ1) is 7.41. The summed E-state index contributed by atoms with van der Waals surface area (Å²) in [6.45, 7) is 3.66. The van der Waals surface area contributed by atoms with Gasteiger partial charge in [0.15, 0.2) is 6.10 Å². The van der Waals surface area contributed by atoms with Gasteiger partial charge < -0.3 is 9.84 Å². The minimum absolute atomic E-state index is 0.637. The number of halogens is 1. The summed E-state index contributed by atoms with van der Waals surface area (Å²) in [7, 11) is 1.40. The summed E-state index contributed by atoms with van der Waals surface area (Å²) in [6.07, 6.45) is 2.38. The lowest BCUT2D eigenvalue weighted by molar-refractivity contribution is -0.152. The molecule has 0 amide bonds. The highest BCUT2D eigenvalue weighted by molar-refractivity contribution is 9.10. The summed E-state index contributed by atoms with van der Waals surface area (Å²) in [5.41, 5.74) is 0.222. The first-order valence-corrected chi connectivity index (χ1v) is 5.56. The Morgan fingerprint density at radius 1 is 1.62 bits per heavy atom. The summed E-state index contributed by atoms with van der Waals surface area (Å²) >= 11 is 3.37. The second-order valence-corrected chi connectivity index (χ2v) is 4.89. The molecule has 0 fully saturated rings. The maximum Gasteiger partial charge on any atom is 0.333 e. The van der Waals surface area contributed by atoms with Gasteiger partial charge in [-0.05, 0) is 27.6 Å². The summed E-state index contributed by atoms with van der Waals surface area (Å²) in [5, 5.41) is 9.11. The average molecular weight is 288 g/mol. The molecule has 1 rings (SSSR count). The van der Waals surface area contributed by atoms with E-state index in [0.717, 1.165) is 10.0 Å². The molecule has 0 saturated carbocycles. The molecule has 0 radical (unpaired) electrons. The van der Waals surface area contributed by atoms with Crippen molar-refractivity contribution >= 4 is 21.9 Å². The van der Waals surface area contributed by atoms with Crippen LogP contribution in [0.25, 0.3) is 0 Å². The molecule has 0 aliphatic rings. The first-order valence-electron chi connectivity index (χ1n) is 4.77. The van der Waals surface area contributed by atoms with E-state index in [-0.39, 0.29) is 0 Å². The van der Waals surface area contributed by atoms with Crippen LogP contribution in [-0.2, 0) is 14.9 Å². The van der Waals surface area contributed by atoms with Crippen molar-refractivity contribution in [3.05, 3.63) is 28.5 Å². The second kappa shape index (κ2) is 4.93. The van der Waals surface area contributed by atoms with Crippen LogP contribution in [0.5, 0.6) is 0 Å². The maximum atomic E-state index is 11.1. The van der Waals surface area contributed by atoms with Gasteiger partial charge in [0, 0.05) is 29.4 Å². The van der Waals surface area contributed by atoms with Crippen LogP contribution in [0.4, 0.5) is 0 Å². The molecule has 5 heteroatoms. The lowest BCUT2D eigenvalue weighted by atomic mass is 9.79. The Labute approximate surface area is 103 Å². The summed E-state index contributed by atoms with van der Waals surface area (Å²) in [6, 6.07) is 1.79. The van der Waals surface area contributed by atoms with E-state index < -0.39 is 17.5 Å². The number of carboxylic acid groups (broad SMARTS) is 1. The average Bonchev–Trinajstić information content (AvgIpc) is 2.17. The quantitative estimate of drug-likeness (QED) is 0.923. The molecule has 1 heterocycles. The number of hydrogen-bond donors (Lipinski definition) is 1. The van der Waals surface area contributed by atoms with E-state index in [1.807, 2.05) is 13.8 Å². The molecule has 1 N–H and O–H groups in total. The van der Waals surface area contributed by atoms with Crippen LogP contribution in [0.3, 0.4) is 0 Å². The van der Waals surface area contributed by atoms with Crippen molar-refractivity contribution in [2.45, 2.75) is 25.4 Å². The fraction of sp³-hybridized carbons (Fsp3) is 0.455. The van der Waals surface area contributed by atoms with Crippen molar-refractivity contribution in [3.8, 4) is 0 Å². The number of carboxylic acids is 1. The molecule has 1 aromatic heterocycles. The third-order valence-corrected chi connectivity index (χ3v) is 3.21. The van der Waals surface area contributed by atoms with Gasteiger partial charge >= 0.3 is 5.97 Å². The van der Waals surface area contributed by atoms with Crippen molar-refractivity contribution < 1.29 is 14.6 Å². The fourth-order valence-electron chi connectivity index (χ4n) is 1.74. The Bertz CT molecular complexity index is 393. The molecular formula is C11H14BrNO3. The van der Waals surface area contributed by atoms with Gasteiger partial charge in [0.05, 0.1) is 0 Å². The lowest BCUT2D eigenvalue weighted by Crippen LogP contribution is -2.41. The number of methoxy groups -OCH3 is 1. The summed E-state index contributed by atoms with van der Waals surface area (Å²) in [4.78, 5) is 15.1. The molecule has 0 aromatic carbocycles. The number of ether oxygens (including phenoxy) is 1. The SMILES string of the molecule is COC(C(=O)O)C(C)(C)c1ccncc1Br. The van der Waals surface area contributed by atoms with Crippen LogP contribution in [0, 0.1) is 0 Å². The number of rotatable bonds is 4. The number of aromatic nitrogens is 1. The second-order valence-electron chi connectivity index (χ2n) is 4.03. The molecule has 1 atom stereocenters. The van der Waals surface area contributed by atoms with Crippen LogP contribution in [-0.4, -0.2) is 29.3 Å². The fourth-order valence-corrected chi connectivity index (χ4v) is 2.50. The van der Waals surface area contributed by atoms with E-state index in [1.165, 1.54) is 7.11 Å². The van der Waals surface area contributed by atoms with Crippen molar-refractivity contribution in [1.82, 2.24) is 4.98 Å². The van der Waals surface area contributed by atoms with Gasteiger partial charge in [-0.15, -0.1) is 0 Å². The molecule has 4 nitrogen and oxygen atoms in total. The highest BCUT2D eigenvalue weighted by Crippen LogP contribution is 2.33. The third kappa shape index (κ3) is 2.41. The van der Waals surface area contributed by atoms with E-state index in [2.05, 4.69) is 20.9 Å². The zero-order chi connectivity index (χ0) is 12.3. The molecule has 0 bridgehead atoms. The Hall–Kier alpha value is -0.940. The zero-order valence-corrected chi connectivity index (χ0v) is 11.0. The minimum Gasteiger partial charge on any atom is -0.479 e. The smallest absolute Gasteiger partial charge is 0.333 e. The third-order valence-electron chi connectivity index (χ3n) is 2.58. The highest BCUT2D eigenvalue weighted by Gasteiger charge is 2.38. The zero-order valence-electron chi connectivity index (χ0n) is 9.40. The normalized spacial score (nSPS) is 13.5. The van der Waals surface area contributed by atoms with E-state index in [1.54, 1.807) is 18.5 Å². The molecule has 0 aliphatic carbocycles. The van der Waals surface area contributed by atoms with Gasteiger partial charge in [-0.2, -0.15) is 0 Å². The Morgan fingerprint density at radius 3 is 2.69 bits per heavy atom. The molecule has 16 heavy (non-hydrogen) atoms. The van der Waals surface area contributed by atoms with E-state index >= 15 is 0 Å². The van der Waals surface area contributed by atoms with E-state index in [4.69, 9.17) is 9.84 Å². The number of carbonyl (C=O) groups is 1. The first kappa shape index (κ1) is 13.1. The van der Waals surface area contributed by atoms with Gasteiger partial charge in [0.1, 0.15) is 0 Å².